The predicted molar refractivity (Wildman–Crippen MR) is 73.5 cm³/mol. The normalized spacial score (nSPS) is 11.4. The minimum absolute atomic E-state index is 0.0550. The number of thiazole rings is 1. The summed E-state index contributed by atoms with van der Waals surface area (Å²) in [4.78, 5) is 4.07. The highest BCUT2D eigenvalue weighted by Gasteiger charge is 2.19. The van der Waals surface area contributed by atoms with Gasteiger partial charge in [-0.25, -0.2) is 18.1 Å². The summed E-state index contributed by atoms with van der Waals surface area (Å²) in [7, 11) is -2.26. The van der Waals surface area contributed by atoms with Crippen LogP contribution in [0.5, 0.6) is 5.75 Å². The second kappa shape index (κ2) is 5.55. The molecule has 0 saturated carbocycles. The van der Waals surface area contributed by atoms with E-state index in [1.165, 1.54) is 36.6 Å². The van der Waals surface area contributed by atoms with Crippen LogP contribution in [0.15, 0.2) is 34.0 Å². The lowest BCUT2D eigenvalue weighted by Gasteiger charge is -2.10. The molecule has 0 atom stereocenters. The van der Waals surface area contributed by atoms with Crippen LogP contribution in [0.1, 0.15) is 5.69 Å². The number of methoxy groups -OCH3 is 1. The van der Waals surface area contributed by atoms with E-state index in [1.54, 1.807) is 10.9 Å². The summed E-state index contributed by atoms with van der Waals surface area (Å²) in [6.45, 7) is 0.138. The standard InChI is InChI=1S/C11H13N3O3S2/c1-17-10-4-8(12)2-3-11(10)19(15,16)14-5-9-6-18-7-13-9/h2-4,6-7,14H,5,12H2,1H3. The second-order valence-electron chi connectivity index (χ2n) is 3.71. The number of anilines is 1. The third kappa shape index (κ3) is 3.22. The van der Waals surface area contributed by atoms with Gasteiger partial charge in [-0.05, 0) is 12.1 Å². The average molecular weight is 299 g/mol. The van der Waals surface area contributed by atoms with Crippen molar-refractivity contribution in [2.24, 2.45) is 0 Å². The number of benzene rings is 1. The lowest BCUT2D eigenvalue weighted by Crippen LogP contribution is -2.24. The van der Waals surface area contributed by atoms with Crippen LogP contribution in [-0.2, 0) is 16.6 Å². The number of hydrogen-bond acceptors (Lipinski definition) is 6. The number of nitrogens with zero attached hydrogens (tertiary/aromatic N) is 1. The highest BCUT2D eigenvalue weighted by molar-refractivity contribution is 7.89. The van der Waals surface area contributed by atoms with Gasteiger partial charge in [-0.1, -0.05) is 0 Å². The van der Waals surface area contributed by atoms with Gasteiger partial charge < -0.3 is 10.5 Å². The summed E-state index contributed by atoms with van der Waals surface area (Å²) in [6, 6.07) is 4.40. The van der Waals surface area contributed by atoms with Crippen molar-refractivity contribution in [2.75, 3.05) is 12.8 Å². The Kier molecular flexibility index (Phi) is 4.03. The second-order valence-corrected chi connectivity index (χ2v) is 6.17. The number of rotatable bonds is 5. The third-order valence-electron chi connectivity index (χ3n) is 2.40. The Balaban J connectivity index is 2.24. The van der Waals surface area contributed by atoms with Gasteiger partial charge in [0.15, 0.2) is 0 Å². The zero-order chi connectivity index (χ0) is 13.9. The van der Waals surface area contributed by atoms with E-state index in [9.17, 15) is 8.42 Å². The monoisotopic (exact) mass is 299 g/mol. The maximum atomic E-state index is 12.2. The molecule has 8 heteroatoms. The van der Waals surface area contributed by atoms with Crippen molar-refractivity contribution in [3.8, 4) is 5.75 Å². The Morgan fingerprint density at radius 1 is 1.47 bits per heavy atom. The van der Waals surface area contributed by atoms with Gasteiger partial charge in [-0.2, -0.15) is 0 Å². The highest BCUT2D eigenvalue weighted by atomic mass is 32.2. The molecule has 6 nitrogen and oxygen atoms in total. The summed E-state index contributed by atoms with van der Waals surface area (Å²) in [6.07, 6.45) is 0. The number of nitrogen functional groups attached to an aromatic ring is 1. The molecule has 0 aliphatic heterocycles. The Bertz CT molecular complexity index is 654. The van der Waals surface area contributed by atoms with Crippen LogP contribution in [0, 0.1) is 0 Å². The van der Waals surface area contributed by atoms with E-state index in [0.29, 0.717) is 11.4 Å². The van der Waals surface area contributed by atoms with Gasteiger partial charge in [0.1, 0.15) is 10.6 Å². The Hall–Kier alpha value is -1.64. The largest absolute Gasteiger partial charge is 0.495 e. The Morgan fingerprint density at radius 2 is 2.26 bits per heavy atom. The van der Waals surface area contributed by atoms with E-state index in [2.05, 4.69) is 9.71 Å². The van der Waals surface area contributed by atoms with Crippen LogP contribution in [0.3, 0.4) is 0 Å². The lowest BCUT2D eigenvalue weighted by atomic mass is 10.3. The summed E-state index contributed by atoms with van der Waals surface area (Å²) in [5, 5.41) is 1.78. The van der Waals surface area contributed by atoms with Crippen molar-refractivity contribution < 1.29 is 13.2 Å². The molecule has 0 saturated heterocycles. The molecule has 0 unspecified atom stereocenters. The molecule has 0 aliphatic carbocycles. The molecular weight excluding hydrogens is 286 g/mol. The van der Waals surface area contributed by atoms with E-state index >= 15 is 0 Å². The molecule has 102 valence electrons. The molecule has 1 heterocycles. The van der Waals surface area contributed by atoms with Gasteiger partial charge in [-0.15, -0.1) is 11.3 Å². The van der Waals surface area contributed by atoms with E-state index in [0.717, 1.165) is 0 Å². The molecule has 0 aliphatic rings. The van der Waals surface area contributed by atoms with Crippen LogP contribution in [-0.4, -0.2) is 20.5 Å². The first-order valence-corrected chi connectivity index (χ1v) is 7.76. The molecule has 0 radical (unpaired) electrons. The van der Waals surface area contributed by atoms with Crippen molar-refractivity contribution in [1.29, 1.82) is 0 Å². The maximum absolute atomic E-state index is 12.2. The predicted octanol–water partition coefficient (Wildman–Crippen LogP) is 1.21. The summed E-state index contributed by atoms with van der Waals surface area (Å²) < 4.78 is 31.8. The fourth-order valence-corrected chi connectivity index (χ4v) is 3.18. The van der Waals surface area contributed by atoms with Crippen molar-refractivity contribution >= 4 is 27.0 Å². The van der Waals surface area contributed by atoms with E-state index in [1.807, 2.05) is 0 Å². The number of nitrogens with one attached hydrogen (secondary N) is 1. The smallest absolute Gasteiger partial charge is 0.244 e. The molecule has 19 heavy (non-hydrogen) atoms. The first kappa shape index (κ1) is 13.8. The van der Waals surface area contributed by atoms with Crippen LogP contribution < -0.4 is 15.2 Å². The molecule has 0 spiro atoms. The minimum atomic E-state index is -3.66. The zero-order valence-electron chi connectivity index (χ0n) is 10.2. The van der Waals surface area contributed by atoms with Crippen LogP contribution in [0.4, 0.5) is 5.69 Å². The number of sulfonamides is 1. The summed E-state index contributed by atoms with van der Waals surface area (Å²) in [5.41, 5.74) is 8.35. The molecule has 3 N–H and O–H groups in total. The van der Waals surface area contributed by atoms with Crippen molar-refractivity contribution in [2.45, 2.75) is 11.4 Å². The minimum Gasteiger partial charge on any atom is -0.495 e. The number of ether oxygens (including phenoxy) is 1. The molecule has 1 aromatic carbocycles. The molecule has 2 rings (SSSR count). The Morgan fingerprint density at radius 3 is 2.89 bits per heavy atom. The van der Waals surface area contributed by atoms with Crippen molar-refractivity contribution in [3.05, 3.63) is 34.8 Å². The molecule has 2 aromatic rings. The maximum Gasteiger partial charge on any atom is 0.244 e. The van der Waals surface area contributed by atoms with Gasteiger partial charge >= 0.3 is 0 Å². The first-order chi connectivity index (χ1) is 9.03. The van der Waals surface area contributed by atoms with Crippen LogP contribution >= 0.6 is 11.3 Å². The summed E-state index contributed by atoms with van der Waals surface area (Å²) in [5.74, 6) is 0.214. The Labute approximate surface area is 115 Å². The zero-order valence-corrected chi connectivity index (χ0v) is 11.8. The summed E-state index contributed by atoms with van der Waals surface area (Å²) >= 11 is 1.41. The van der Waals surface area contributed by atoms with Crippen molar-refractivity contribution in [3.63, 3.8) is 0 Å². The number of hydrogen-bond donors (Lipinski definition) is 2. The van der Waals surface area contributed by atoms with Gasteiger partial charge in [0.2, 0.25) is 10.0 Å². The lowest BCUT2D eigenvalue weighted by molar-refractivity contribution is 0.402. The number of aromatic nitrogens is 1. The molecular formula is C11H13N3O3S2. The fourth-order valence-electron chi connectivity index (χ4n) is 1.48. The quantitative estimate of drug-likeness (QED) is 0.809. The van der Waals surface area contributed by atoms with E-state index in [4.69, 9.17) is 10.5 Å². The van der Waals surface area contributed by atoms with Gasteiger partial charge in [0.25, 0.3) is 0 Å². The van der Waals surface area contributed by atoms with Crippen molar-refractivity contribution in [1.82, 2.24) is 9.71 Å². The van der Waals surface area contributed by atoms with Crippen LogP contribution in [0.2, 0.25) is 0 Å². The number of nitrogens with two attached hydrogens (primary N) is 1. The molecule has 0 bridgehead atoms. The highest BCUT2D eigenvalue weighted by Crippen LogP contribution is 2.25. The van der Waals surface area contributed by atoms with E-state index in [-0.39, 0.29) is 17.2 Å². The SMILES string of the molecule is COc1cc(N)ccc1S(=O)(=O)NCc1cscn1. The van der Waals surface area contributed by atoms with Gasteiger partial charge in [0.05, 0.1) is 24.9 Å². The topological polar surface area (TPSA) is 94.3 Å². The first-order valence-electron chi connectivity index (χ1n) is 5.33. The fraction of sp³-hybridized carbons (Fsp3) is 0.182. The molecule has 0 fully saturated rings. The third-order valence-corrected chi connectivity index (χ3v) is 4.48. The van der Waals surface area contributed by atoms with Gasteiger partial charge in [-0.3, -0.25) is 0 Å². The van der Waals surface area contributed by atoms with Crippen LogP contribution in [0.25, 0.3) is 0 Å². The van der Waals surface area contributed by atoms with E-state index < -0.39 is 10.0 Å². The molecule has 1 aromatic heterocycles. The average Bonchev–Trinajstić information content (AvgIpc) is 2.89. The molecule has 0 amide bonds. The van der Waals surface area contributed by atoms with Gasteiger partial charge in [0, 0.05) is 17.1 Å².